The molecule has 4 N–H and O–H groups in total. The molecule has 0 amide bonds. The van der Waals surface area contributed by atoms with E-state index in [2.05, 4.69) is 14.2 Å². The number of carboxylic acids is 2. The number of carboxylic acid groups (broad SMARTS) is 2. The summed E-state index contributed by atoms with van der Waals surface area (Å²) >= 11 is 0. The van der Waals surface area contributed by atoms with Gasteiger partial charge in [0.2, 0.25) is 0 Å². The summed E-state index contributed by atoms with van der Waals surface area (Å²) in [6, 6.07) is 0. The highest BCUT2D eigenvalue weighted by Gasteiger charge is 2.19. The molecule has 13 nitrogen and oxygen atoms in total. The summed E-state index contributed by atoms with van der Waals surface area (Å²) in [7, 11) is 0. The molecule has 1 aliphatic rings. The molecule has 0 aromatic rings. The zero-order valence-corrected chi connectivity index (χ0v) is 15.5. The van der Waals surface area contributed by atoms with E-state index in [1.807, 2.05) is 0 Å². The van der Waals surface area contributed by atoms with Crippen molar-refractivity contribution in [2.45, 2.75) is 38.5 Å². The molecule has 29 heavy (non-hydrogen) atoms. The maximum atomic E-state index is 10.9. The van der Waals surface area contributed by atoms with Crippen molar-refractivity contribution in [1.82, 2.24) is 0 Å². The Morgan fingerprint density at radius 3 is 1.28 bits per heavy atom. The van der Waals surface area contributed by atoms with E-state index in [1.54, 1.807) is 0 Å². The molecule has 0 saturated carbocycles. The van der Waals surface area contributed by atoms with Gasteiger partial charge in [0.05, 0.1) is 51.7 Å². The van der Waals surface area contributed by atoms with Gasteiger partial charge >= 0.3 is 35.8 Å². The number of aliphatic carboxylic acids is 2. The molecule has 0 atom stereocenters. The highest BCUT2D eigenvalue weighted by Crippen LogP contribution is 2.03. The van der Waals surface area contributed by atoms with Gasteiger partial charge in [-0.25, -0.2) is 0 Å². The molecular formula is C16H24O13. The lowest BCUT2D eigenvalue weighted by Crippen LogP contribution is -2.15. The molecule has 0 radical (unpaired) electrons. The van der Waals surface area contributed by atoms with Gasteiger partial charge in [0.1, 0.15) is 13.2 Å². The Hall–Kier alpha value is -3.06. The van der Waals surface area contributed by atoms with Crippen LogP contribution in [0.3, 0.4) is 0 Å². The fourth-order valence-electron chi connectivity index (χ4n) is 1.31. The molecular weight excluding hydrogens is 400 g/mol. The second-order valence-corrected chi connectivity index (χ2v) is 5.02. The minimum absolute atomic E-state index is 0.125. The molecule has 1 heterocycles. The molecule has 1 aliphatic heterocycles. The van der Waals surface area contributed by atoms with Crippen LogP contribution < -0.4 is 0 Å². The molecule has 0 aromatic carbocycles. The van der Waals surface area contributed by atoms with E-state index in [4.69, 9.17) is 20.4 Å². The maximum Gasteiger partial charge on any atom is 0.314 e. The second kappa shape index (κ2) is 18.3. The van der Waals surface area contributed by atoms with Crippen molar-refractivity contribution >= 4 is 35.8 Å². The van der Waals surface area contributed by atoms with Gasteiger partial charge in [-0.2, -0.15) is 0 Å². The zero-order chi connectivity index (χ0) is 22.7. The van der Waals surface area contributed by atoms with E-state index in [9.17, 15) is 28.8 Å². The highest BCUT2D eigenvalue weighted by atomic mass is 16.6. The quantitative estimate of drug-likeness (QED) is 0.138. The van der Waals surface area contributed by atoms with Gasteiger partial charge < -0.3 is 34.6 Å². The van der Waals surface area contributed by atoms with Gasteiger partial charge in [0.25, 0.3) is 0 Å². The average molecular weight is 424 g/mol. The van der Waals surface area contributed by atoms with E-state index >= 15 is 0 Å². The van der Waals surface area contributed by atoms with Gasteiger partial charge in [-0.05, 0) is 0 Å². The van der Waals surface area contributed by atoms with Crippen LogP contribution in [0.2, 0.25) is 0 Å². The zero-order valence-electron chi connectivity index (χ0n) is 15.5. The van der Waals surface area contributed by atoms with Crippen LogP contribution in [0.15, 0.2) is 0 Å². The van der Waals surface area contributed by atoms with Crippen molar-refractivity contribution in [2.75, 3.05) is 26.4 Å². The fourth-order valence-corrected chi connectivity index (χ4v) is 1.31. The summed E-state index contributed by atoms with van der Waals surface area (Å²) in [5.74, 6) is -4.40. The lowest BCUT2D eigenvalue weighted by Gasteiger charge is -2.05. The van der Waals surface area contributed by atoms with E-state index in [-0.39, 0.29) is 65.0 Å². The van der Waals surface area contributed by atoms with Crippen LogP contribution in [0.4, 0.5) is 0 Å². The number of carbonyl (C=O) groups is 6. The van der Waals surface area contributed by atoms with Crippen molar-refractivity contribution in [3.63, 3.8) is 0 Å². The lowest BCUT2D eigenvalue weighted by molar-refractivity contribution is -0.154. The summed E-state index contributed by atoms with van der Waals surface area (Å²) in [5.41, 5.74) is 0. The minimum Gasteiger partial charge on any atom is -0.481 e. The number of rotatable bonds is 10. The Kier molecular flexibility index (Phi) is 17.8. The lowest BCUT2D eigenvalue weighted by atomic mass is 10.3. The van der Waals surface area contributed by atoms with Crippen molar-refractivity contribution in [1.29, 1.82) is 0 Å². The summed E-state index contributed by atoms with van der Waals surface area (Å²) in [6.07, 6.45) is -0.614. The number of hydrogen-bond acceptors (Lipinski definition) is 11. The fraction of sp³-hybridized carbons (Fsp3) is 0.625. The first-order valence-electron chi connectivity index (χ1n) is 8.32. The number of hydrogen-bond donors (Lipinski definition) is 4. The maximum absolute atomic E-state index is 10.9. The number of aliphatic hydroxyl groups excluding tert-OH is 2. The first kappa shape index (κ1) is 28.2. The summed E-state index contributed by atoms with van der Waals surface area (Å²) in [4.78, 5) is 62.1. The van der Waals surface area contributed by atoms with Gasteiger partial charge in [-0.3, -0.25) is 28.8 Å². The van der Waals surface area contributed by atoms with Crippen molar-refractivity contribution < 1.29 is 63.4 Å². The van der Waals surface area contributed by atoms with Gasteiger partial charge in [-0.15, -0.1) is 0 Å². The summed E-state index contributed by atoms with van der Waals surface area (Å²) in [5, 5.41) is 31.8. The number of aliphatic hydroxyl groups is 2. The topological polar surface area (TPSA) is 211 Å². The molecule has 1 rings (SSSR count). The SMILES string of the molecule is O=C(O)CCC(=O)OCCOC(=O)CCC(=O)O.O=C1CCC(=O)O1.OCCO. The molecule has 166 valence electrons. The van der Waals surface area contributed by atoms with Crippen LogP contribution in [-0.2, 0) is 43.0 Å². The monoisotopic (exact) mass is 424 g/mol. The third-order valence-electron chi connectivity index (χ3n) is 2.56. The standard InChI is InChI=1S/C10H14O8.C4H4O3.C2H6O2/c11-7(12)1-3-9(15)17-5-6-18-10(16)4-2-8(13)14;5-3-1-2-4(6)7-3;3-1-2-4/h1-6H2,(H,11,12)(H,13,14);1-2H2;3-4H,1-2H2. The van der Waals surface area contributed by atoms with Crippen LogP contribution >= 0.6 is 0 Å². The molecule has 0 unspecified atom stereocenters. The average Bonchev–Trinajstić information content (AvgIpc) is 3.05. The normalized spacial score (nSPS) is 11.8. The van der Waals surface area contributed by atoms with Crippen LogP contribution in [0, 0.1) is 0 Å². The van der Waals surface area contributed by atoms with E-state index in [0.29, 0.717) is 0 Å². The van der Waals surface area contributed by atoms with Crippen LogP contribution in [0.1, 0.15) is 38.5 Å². The predicted molar refractivity (Wildman–Crippen MR) is 90.2 cm³/mol. The van der Waals surface area contributed by atoms with Gasteiger partial charge in [0.15, 0.2) is 0 Å². The first-order chi connectivity index (χ1) is 13.6. The van der Waals surface area contributed by atoms with E-state index < -0.39 is 35.8 Å². The Balaban J connectivity index is 0. The highest BCUT2D eigenvalue weighted by molar-refractivity contribution is 5.92. The minimum atomic E-state index is -1.10. The van der Waals surface area contributed by atoms with E-state index in [0.717, 1.165) is 0 Å². The third kappa shape index (κ3) is 22.9. The van der Waals surface area contributed by atoms with Crippen LogP contribution in [0.25, 0.3) is 0 Å². The number of cyclic esters (lactones) is 2. The van der Waals surface area contributed by atoms with Crippen LogP contribution in [0.5, 0.6) is 0 Å². The largest absolute Gasteiger partial charge is 0.481 e. The Labute approximate surface area is 165 Å². The Morgan fingerprint density at radius 2 is 1.07 bits per heavy atom. The molecule has 0 aromatic heterocycles. The van der Waals surface area contributed by atoms with Crippen molar-refractivity contribution in [3.05, 3.63) is 0 Å². The number of ether oxygens (including phenoxy) is 3. The van der Waals surface area contributed by atoms with Crippen LogP contribution in [-0.4, -0.2) is 82.7 Å². The van der Waals surface area contributed by atoms with Gasteiger partial charge in [-0.1, -0.05) is 0 Å². The smallest absolute Gasteiger partial charge is 0.314 e. The first-order valence-corrected chi connectivity index (χ1v) is 8.32. The molecule has 0 spiro atoms. The van der Waals surface area contributed by atoms with Crippen molar-refractivity contribution in [3.8, 4) is 0 Å². The van der Waals surface area contributed by atoms with Gasteiger partial charge in [0, 0.05) is 0 Å². The molecule has 1 fully saturated rings. The molecule has 0 bridgehead atoms. The predicted octanol–water partition coefficient (Wildman–Crippen LogP) is -1.38. The summed E-state index contributed by atoms with van der Waals surface area (Å²) in [6.45, 7) is -0.617. The Morgan fingerprint density at radius 1 is 0.724 bits per heavy atom. The van der Waals surface area contributed by atoms with E-state index in [1.165, 1.54) is 0 Å². The summed E-state index contributed by atoms with van der Waals surface area (Å²) < 4.78 is 13.2. The molecule has 13 heteroatoms. The number of carbonyl (C=O) groups excluding carboxylic acids is 4. The molecule has 0 aliphatic carbocycles. The number of esters is 4. The Bertz CT molecular complexity index is 507. The third-order valence-corrected chi connectivity index (χ3v) is 2.56. The second-order valence-electron chi connectivity index (χ2n) is 5.02. The molecule has 1 saturated heterocycles. The van der Waals surface area contributed by atoms with Crippen molar-refractivity contribution in [2.24, 2.45) is 0 Å².